The minimum atomic E-state index is -0.359. The van der Waals surface area contributed by atoms with E-state index in [0.717, 1.165) is 11.3 Å². The number of methoxy groups -OCH3 is 1. The highest BCUT2D eigenvalue weighted by molar-refractivity contribution is 8.01. The van der Waals surface area contributed by atoms with Crippen LogP contribution in [0.2, 0.25) is 5.02 Å². The molecule has 0 aliphatic carbocycles. The number of carbonyl (C=O) groups is 2. The van der Waals surface area contributed by atoms with E-state index < -0.39 is 0 Å². The van der Waals surface area contributed by atoms with Crippen LogP contribution in [0.25, 0.3) is 0 Å². The number of benzene rings is 1. The molecule has 0 radical (unpaired) electrons. The lowest BCUT2D eigenvalue weighted by Crippen LogP contribution is -2.20. The first-order valence-electron chi connectivity index (χ1n) is 5.69. The van der Waals surface area contributed by atoms with Crippen LogP contribution in [0.15, 0.2) is 18.2 Å². The fourth-order valence-electron chi connectivity index (χ4n) is 1.39. The molecular formula is C13H16ClNO3S. The summed E-state index contributed by atoms with van der Waals surface area (Å²) in [6.45, 7) is 3.57. The maximum absolute atomic E-state index is 11.7. The molecule has 0 heterocycles. The van der Waals surface area contributed by atoms with Crippen molar-refractivity contribution in [3.63, 3.8) is 0 Å². The van der Waals surface area contributed by atoms with Crippen molar-refractivity contribution in [2.45, 2.75) is 19.1 Å². The molecule has 0 aliphatic heterocycles. The minimum absolute atomic E-state index is 0.161. The standard InChI is InChI=1S/C13H16ClNO3S/c1-8-6-10(14)4-5-11(8)15-12(16)7-19-9(2)13(17)18-3/h4-6,9H,7H2,1-3H3,(H,15,16). The quantitative estimate of drug-likeness (QED) is 0.850. The Kier molecular flexibility index (Phi) is 6.18. The molecule has 0 fully saturated rings. The second-order valence-corrected chi connectivity index (χ2v) is 5.75. The highest BCUT2D eigenvalue weighted by atomic mass is 35.5. The molecule has 4 nitrogen and oxygen atoms in total. The molecule has 0 saturated heterocycles. The Bertz CT molecular complexity index is 479. The van der Waals surface area contributed by atoms with Gasteiger partial charge in [0.05, 0.1) is 12.9 Å². The molecule has 0 bridgehead atoms. The lowest BCUT2D eigenvalue weighted by molar-refractivity contribution is -0.139. The summed E-state index contributed by atoms with van der Waals surface area (Å²) in [5, 5.41) is 3.05. The average molecular weight is 302 g/mol. The number of carbonyl (C=O) groups excluding carboxylic acids is 2. The third kappa shape index (κ3) is 5.12. The van der Waals surface area contributed by atoms with Crippen molar-refractivity contribution < 1.29 is 14.3 Å². The Balaban J connectivity index is 2.49. The van der Waals surface area contributed by atoms with Gasteiger partial charge in [0.15, 0.2) is 0 Å². The van der Waals surface area contributed by atoms with E-state index in [9.17, 15) is 9.59 Å². The van der Waals surface area contributed by atoms with Gasteiger partial charge in [0.25, 0.3) is 0 Å². The molecule has 19 heavy (non-hydrogen) atoms. The number of amides is 1. The predicted molar refractivity (Wildman–Crippen MR) is 78.8 cm³/mol. The van der Waals surface area contributed by atoms with Gasteiger partial charge in [-0.1, -0.05) is 11.6 Å². The summed E-state index contributed by atoms with van der Waals surface area (Å²) in [7, 11) is 1.33. The lowest BCUT2D eigenvalue weighted by Gasteiger charge is -2.10. The Morgan fingerprint density at radius 3 is 2.74 bits per heavy atom. The van der Waals surface area contributed by atoms with E-state index in [1.54, 1.807) is 25.1 Å². The summed E-state index contributed by atoms with van der Waals surface area (Å²) < 4.78 is 4.59. The molecule has 0 saturated carbocycles. The third-order valence-corrected chi connectivity index (χ3v) is 3.82. The predicted octanol–water partition coefficient (Wildman–Crippen LogP) is 2.88. The van der Waals surface area contributed by atoms with Crippen molar-refractivity contribution in [2.24, 2.45) is 0 Å². The van der Waals surface area contributed by atoms with Gasteiger partial charge in [-0.05, 0) is 37.6 Å². The zero-order valence-corrected chi connectivity index (χ0v) is 12.6. The summed E-state index contributed by atoms with van der Waals surface area (Å²) in [6.07, 6.45) is 0. The second-order valence-electron chi connectivity index (χ2n) is 3.98. The number of esters is 1. The van der Waals surface area contributed by atoms with Crippen LogP contribution in [0.5, 0.6) is 0 Å². The summed E-state index contributed by atoms with van der Waals surface area (Å²) in [5.41, 5.74) is 1.62. The Morgan fingerprint density at radius 1 is 1.47 bits per heavy atom. The van der Waals surface area contributed by atoms with Gasteiger partial charge in [-0.15, -0.1) is 11.8 Å². The summed E-state index contributed by atoms with van der Waals surface area (Å²) in [4.78, 5) is 22.9. The number of nitrogens with one attached hydrogen (secondary N) is 1. The number of hydrogen-bond acceptors (Lipinski definition) is 4. The van der Waals surface area contributed by atoms with E-state index in [4.69, 9.17) is 11.6 Å². The summed E-state index contributed by atoms with van der Waals surface area (Å²) in [6, 6.07) is 5.25. The molecule has 6 heteroatoms. The van der Waals surface area contributed by atoms with Gasteiger partial charge in [0.1, 0.15) is 5.25 Å². The van der Waals surface area contributed by atoms with Crippen LogP contribution >= 0.6 is 23.4 Å². The lowest BCUT2D eigenvalue weighted by atomic mass is 10.2. The largest absolute Gasteiger partial charge is 0.468 e. The van der Waals surface area contributed by atoms with Gasteiger partial charge in [0.2, 0.25) is 5.91 Å². The van der Waals surface area contributed by atoms with Crippen LogP contribution < -0.4 is 5.32 Å². The van der Waals surface area contributed by atoms with Crippen LogP contribution in [-0.2, 0) is 14.3 Å². The zero-order chi connectivity index (χ0) is 14.4. The minimum Gasteiger partial charge on any atom is -0.468 e. The van der Waals surface area contributed by atoms with Crippen molar-refractivity contribution >= 4 is 40.9 Å². The fraction of sp³-hybridized carbons (Fsp3) is 0.385. The summed E-state index contributed by atoms with van der Waals surface area (Å²) >= 11 is 7.07. The third-order valence-electron chi connectivity index (χ3n) is 2.46. The topological polar surface area (TPSA) is 55.4 Å². The van der Waals surface area contributed by atoms with Crippen LogP contribution in [0.3, 0.4) is 0 Å². The number of halogens is 1. The van der Waals surface area contributed by atoms with Gasteiger partial charge in [0, 0.05) is 10.7 Å². The van der Waals surface area contributed by atoms with Gasteiger partial charge < -0.3 is 10.1 Å². The second kappa shape index (κ2) is 7.40. The highest BCUT2D eigenvalue weighted by Gasteiger charge is 2.15. The first-order chi connectivity index (χ1) is 8.93. The fourth-order valence-corrected chi connectivity index (χ4v) is 2.32. The van der Waals surface area contributed by atoms with E-state index in [2.05, 4.69) is 10.1 Å². The molecule has 1 aromatic rings. The van der Waals surface area contributed by atoms with E-state index >= 15 is 0 Å². The first-order valence-corrected chi connectivity index (χ1v) is 7.12. The maximum Gasteiger partial charge on any atom is 0.318 e. The molecule has 0 aromatic heterocycles. The molecule has 1 N–H and O–H groups in total. The molecule has 1 rings (SSSR count). The van der Waals surface area contributed by atoms with Gasteiger partial charge in [-0.3, -0.25) is 9.59 Å². The number of thioether (sulfide) groups is 1. The number of hydrogen-bond donors (Lipinski definition) is 1. The molecule has 1 unspecified atom stereocenters. The van der Waals surface area contributed by atoms with E-state index in [1.165, 1.54) is 18.9 Å². The molecule has 1 aromatic carbocycles. The van der Waals surface area contributed by atoms with Crippen molar-refractivity contribution in [1.82, 2.24) is 0 Å². The number of ether oxygens (including phenoxy) is 1. The van der Waals surface area contributed by atoms with Crippen molar-refractivity contribution in [3.05, 3.63) is 28.8 Å². The smallest absolute Gasteiger partial charge is 0.318 e. The van der Waals surface area contributed by atoms with Gasteiger partial charge in [-0.25, -0.2) is 0 Å². The number of aryl methyl sites for hydroxylation is 1. The normalized spacial score (nSPS) is 11.8. The molecule has 0 spiro atoms. The van der Waals surface area contributed by atoms with Gasteiger partial charge >= 0.3 is 5.97 Å². The maximum atomic E-state index is 11.7. The SMILES string of the molecule is COC(=O)C(C)SCC(=O)Nc1ccc(Cl)cc1C. The first kappa shape index (κ1) is 15.9. The van der Waals surface area contributed by atoms with Crippen LogP contribution in [-0.4, -0.2) is 30.0 Å². The zero-order valence-electron chi connectivity index (χ0n) is 11.0. The number of anilines is 1. The van der Waals surface area contributed by atoms with Crippen LogP contribution in [0.1, 0.15) is 12.5 Å². The monoisotopic (exact) mass is 301 g/mol. The van der Waals surface area contributed by atoms with Crippen molar-refractivity contribution in [3.8, 4) is 0 Å². The Hall–Kier alpha value is -1.20. The van der Waals surface area contributed by atoms with Crippen LogP contribution in [0, 0.1) is 6.92 Å². The Labute approximate surface area is 121 Å². The molecule has 104 valence electrons. The van der Waals surface area contributed by atoms with Crippen molar-refractivity contribution in [2.75, 3.05) is 18.2 Å². The molecule has 0 aliphatic rings. The van der Waals surface area contributed by atoms with Crippen LogP contribution in [0.4, 0.5) is 5.69 Å². The average Bonchev–Trinajstić information content (AvgIpc) is 2.38. The number of rotatable bonds is 5. The molecule has 1 amide bonds. The molecular weight excluding hydrogens is 286 g/mol. The highest BCUT2D eigenvalue weighted by Crippen LogP contribution is 2.20. The van der Waals surface area contributed by atoms with Gasteiger partial charge in [-0.2, -0.15) is 0 Å². The Morgan fingerprint density at radius 2 is 2.16 bits per heavy atom. The van der Waals surface area contributed by atoms with Crippen molar-refractivity contribution in [1.29, 1.82) is 0 Å². The van der Waals surface area contributed by atoms with E-state index in [1.807, 2.05) is 6.92 Å². The van der Waals surface area contributed by atoms with E-state index in [-0.39, 0.29) is 22.9 Å². The molecule has 1 atom stereocenters. The van der Waals surface area contributed by atoms with E-state index in [0.29, 0.717) is 5.02 Å². The summed E-state index contributed by atoms with van der Waals surface area (Å²) in [5.74, 6) is -0.301.